The molecule has 0 aliphatic rings. The van der Waals surface area contributed by atoms with Crippen molar-refractivity contribution in [2.24, 2.45) is 0 Å². The van der Waals surface area contributed by atoms with Crippen LogP contribution in [0, 0.1) is 5.82 Å². The molecule has 2 heterocycles. The lowest BCUT2D eigenvalue weighted by molar-refractivity contribution is -0.275. The lowest BCUT2D eigenvalue weighted by Crippen LogP contribution is -2.42. The fourth-order valence-electron chi connectivity index (χ4n) is 3.70. The molecule has 4 rings (SSSR count). The molecule has 0 radical (unpaired) electrons. The first-order valence-corrected chi connectivity index (χ1v) is 11.1. The number of alkyl halides is 3. The first-order chi connectivity index (χ1) is 16.8. The van der Waals surface area contributed by atoms with E-state index >= 15 is 0 Å². The van der Waals surface area contributed by atoms with Crippen molar-refractivity contribution in [3.05, 3.63) is 82.1 Å². The average Bonchev–Trinajstić information content (AvgIpc) is 3.33. The summed E-state index contributed by atoms with van der Waals surface area (Å²) in [7, 11) is 0. The SMILES string of the molecule is CCC(O)(c1nnc(C(C)(C)NCc2ccc3c(-c4ccc(F)cc4)cc(=O)oc3c2)o1)C(F)(F)F. The van der Waals surface area contributed by atoms with Gasteiger partial charge in [0.1, 0.15) is 11.4 Å². The molecule has 4 aromatic rings. The number of aromatic nitrogens is 2. The van der Waals surface area contributed by atoms with Crippen molar-refractivity contribution in [3.8, 4) is 11.1 Å². The summed E-state index contributed by atoms with van der Waals surface area (Å²) < 4.78 is 63.9. The van der Waals surface area contributed by atoms with E-state index in [9.17, 15) is 27.5 Å². The van der Waals surface area contributed by atoms with Gasteiger partial charge in [0.2, 0.25) is 11.5 Å². The number of nitrogens with zero attached hydrogens (tertiary/aromatic N) is 2. The minimum absolute atomic E-state index is 0.139. The van der Waals surface area contributed by atoms with E-state index in [-0.39, 0.29) is 12.4 Å². The Hall–Kier alpha value is -3.57. The highest BCUT2D eigenvalue weighted by atomic mass is 19.4. The number of rotatable bonds is 7. The van der Waals surface area contributed by atoms with Crippen molar-refractivity contribution in [2.45, 2.75) is 51.1 Å². The van der Waals surface area contributed by atoms with Gasteiger partial charge in [0.25, 0.3) is 5.89 Å². The van der Waals surface area contributed by atoms with Gasteiger partial charge in [-0.25, -0.2) is 9.18 Å². The Labute approximate surface area is 202 Å². The second-order valence-corrected chi connectivity index (χ2v) is 8.92. The molecule has 2 aromatic heterocycles. The van der Waals surface area contributed by atoms with E-state index in [1.54, 1.807) is 44.2 Å². The fraction of sp³-hybridized carbons (Fsp3) is 0.320. The van der Waals surface area contributed by atoms with Crippen LogP contribution in [0.4, 0.5) is 17.6 Å². The number of halogens is 4. The van der Waals surface area contributed by atoms with Crippen molar-refractivity contribution in [1.82, 2.24) is 15.5 Å². The third-order valence-electron chi connectivity index (χ3n) is 5.99. The van der Waals surface area contributed by atoms with Crippen LogP contribution in [0.3, 0.4) is 0 Å². The zero-order chi connectivity index (χ0) is 26.3. The van der Waals surface area contributed by atoms with Crippen LogP contribution >= 0.6 is 0 Å². The Kier molecular flexibility index (Phi) is 6.48. The Morgan fingerprint density at radius 3 is 2.28 bits per heavy atom. The molecule has 2 N–H and O–H groups in total. The number of aliphatic hydroxyl groups is 1. The molecule has 11 heteroatoms. The van der Waals surface area contributed by atoms with Crippen molar-refractivity contribution in [2.75, 3.05) is 0 Å². The van der Waals surface area contributed by atoms with Crippen LogP contribution in [0.2, 0.25) is 0 Å². The Morgan fingerprint density at radius 1 is 0.972 bits per heavy atom. The molecule has 7 nitrogen and oxygen atoms in total. The predicted octanol–water partition coefficient (Wildman–Crippen LogP) is 5.17. The standard InChI is InChI=1S/C25H23F4N3O4/c1-4-24(34,25(27,28)29)22-32-31-21(36-22)23(2,3)30-13-14-5-10-17-18(12-20(33)35-19(17)11-14)15-6-8-16(26)9-7-15/h5-12,30,34H,4,13H2,1-3H3. The molecule has 0 spiro atoms. The van der Waals surface area contributed by atoms with Crippen LogP contribution in [0.15, 0.2) is 62.2 Å². The first-order valence-electron chi connectivity index (χ1n) is 11.1. The fourth-order valence-corrected chi connectivity index (χ4v) is 3.70. The third-order valence-corrected chi connectivity index (χ3v) is 5.99. The molecule has 0 fully saturated rings. The third kappa shape index (κ3) is 4.76. The zero-order valence-corrected chi connectivity index (χ0v) is 19.6. The number of hydrogen-bond donors (Lipinski definition) is 2. The maximum absolute atomic E-state index is 13.3. The Balaban J connectivity index is 1.58. The molecule has 2 aromatic carbocycles. The Bertz CT molecular complexity index is 1440. The lowest BCUT2D eigenvalue weighted by Gasteiger charge is -2.26. The minimum Gasteiger partial charge on any atom is -0.423 e. The van der Waals surface area contributed by atoms with Crippen LogP contribution in [-0.2, 0) is 17.7 Å². The molecule has 0 saturated heterocycles. The van der Waals surface area contributed by atoms with Gasteiger partial charge in [-0.1, -0.05) is 31.2 Å². The van der Waals surface area contributed by atoms with E-state index in [0.717, 1.165) is 0 Å². The van der Waals surface area contributed by atoms with Crippen LogP contribution in [0.1, 0.15) is 44.5 Å². The van der Waals surface area contributed by atoms with Crippen molar-refractivity contribution >= 4 is 11.0 Å². The topological polar surface area (TPSA) is 101 Å². The van der Waals surface area contributed by atoms with E-state index in [1.807, 2.05) is 0 Å². The molecular formula is C25H23F4N3O4. The van der Waals surface area contributed by atoms with Gasteiger partial charge in [0.15, 0.2) is 0 Å². The van der Waals surface area contributed by atoms with E-state index in [2.05, 4.69) is 15.5 Å². The molecule has 0 bridgehead atoms. The van der Waals surface area contributed by atoms with Gasteiger partial charge in [0.05, 0.1) is 5.54 Å². The molecule has 0 amide bonds. The molecule has 1 atom stereocenters. The molecule has 190 valence electrons. The summed E-state index contributed by atoms with van der Waals surface area (Å²) in [5, 5.41) is 21.0. The van der Waals surface area contributed by atoms with Gasteiger partial charge >= 0.3 is 11.8 Å². The second-order valence-electron chi connectivity index (χ2n) is 8.92. The highest BCUT2D eigenvalue weighted by Crippen LogP contribution is 2.41. The minimum atomic E-state index is -4.98. The normalized spacial score (nSPS) is 14.2. The van der Waals surface area contributed by atoms with Crippen molar-refractivity contribution in [1.29, 1.82) is 0 Å². The number of fused-ring (bicyclic) bond motifs is 1. The van der Waals surface area contributed by atoms with Gasteiger partial charge in [-0.05, 0) is 55.2 Å². The van der Waals surface area contributed by atoms with E-state index in [4.69, 9.17) is 8.83 Å². The molecule has 1 unspecified atom stereocenters. The van der Waals surface area contributed by atoms with Gasteiger partial charge < -0.3 is 13.9 Å². The summed E-state index contributed by atoms with van der Waals surface area (Å²) in [4.78, 5) is 12.2. The van der Waals surface area contributed by atoms with Crippen LogP contribution in [0.5, 0.6) is 0 Å². The summed E-state index contributed by atoms with van der Waals surface area (Å²) in [5.41, 5.74) is -2.61. The van der Waals surface area contributed by atoms with Crippen LogP contribution in [0.25, 0.3) is 22.1 Å². The summed E-state index contributed by atoms with van der Waals surface area (Å²) in [6.07, 6.45) is -5.67. The van der Waals surface area contributed by atoms with E-state index < -0.39 is 41.1 Å². The maximum atomic E-state index is 13.3. The number of benzene rings is 2. The maximum Gasteiger partial charge on any atom is 0.426 e. The van der Waals surface area contributed by atoms with E-state index in [1.165, 1.54) is 25.1 Å². The molecular weight excluding hydrogens is 482 g/mol. The summed E-state index contributed by atoms with van der Waals surface area (Å²) in [6.45, 7) is 4.65. The van der Waals surface area contributed by atoms with Gasteiger partial charge in [0, 0.05) is 18.0 Å². The largest absolute Gasteiger partial charge is 0.426 e. The van der Waals surface area contributed by atoms with Crippen molar-refractivity contribution < 1.29 is 31.5 Å². The summed E-state index contributed by atoms with van der Waals surface area (Å²) in [6, 6.07) is 12.3. The second kappa shape index (κ2) is 9.14. The van der Waals surface area contributed by atoms with E-state index in [0.29, 0.717) is 27.7 Å². The monoisotopic (exact) mass is 505 g/mol. The predicted molar refractivity (Wildman–Crippen MR) is 122 cm³/mol. The van der Waals surface area contributed by atoms with Crippen LogP contribution < -0.4 is 10.9 Å². The average molecular weight is 505 g/mol. The highest BCUT2D eigenvalue weighted by Gasteiger charge is 2.58. The quantitative estimate of drug-likeness (QED) is 0.264. The molecule has 0 aliphatic carbocycles. The summed E-state index contributed by atoms with van der Waals surface area (Å²) >= 11 is 0. The number of hydrogen-bond acceptors (Lipinski definition) is 7. The first kappa shape index (κ1) is 25.5. The zero-order valence-electron chi connectivity index (χ0n) is 19.6. The Morgan fingerprint density at radius 2 is 1.64 bits per heavy atom. The highest BCUT2D eigenvalue weighted by molar-refractivity contribution is 5.93. The smallest absolute Gasteiger partial charge is 0.423 e. The summed E-state index contributed by atoms with van der Waals surface area (Å²) in [5.74, 6) is -1.46. The molecule has 0 aliphatic heterocycles. The number of nitrogens with one attached hydrogen (secondary N) is 1. The molecule has 36 heavy (non-hydrogen) atoms. The van der Waals surface area contributed by atoms with Gasteiger partial charge in [-0.3, -0.25) is 5.32 Å². The van der Waals surface area contributed by atoms with Crippen LogP contribution in [-0.4, -0.2) is 21.5 Å². The van der Waals surface area contributed by atoms with Gasteiger partial charge in [-0.2, -0.15) is 13.2 Å². The lowest BCUT2D eigenvalue weighted by atomic mass is 10.00. The van der Waals surface area contributed by atoms with Crippen molar-refractivity contribution in [3.63, 3.8) is 0 Å². The van der Waals surface area contributed by atoms with Gasteiger partial charge in [-0.15, -0.1) is 10.2 Å². The molecule has 0 saturated carbocycles.